The summed E-state index contributed by atoms with van der Waals surface area (Å²) in [5.41, 5.74) is 2.67. The Morgan fingerprint density at radius 2 is 1.85 bits per heavy atom. The molecule has 2 amide bonds. The summed E-state index contributed by atoms with van der Waals surface area (Å²) in [6.45, 7) is 8.02. The number of aromatic nitrogens is 4. The Bertz CT molecular complexity index is 1500. The fraction of sp³-hybridized carbons (Fsp3) is 0.367. The molecule has 2 N–H and O–H groups in total. The van der Waals surface area contributed by atoms with Gasteiger partial charge in [-0.1, -0.05) is 30.3 Å². The highest BCUT2D eigenvalue weighted by atomic mass is 16.6. The molecule has 0 spiro atoms. The van der Waals surface area contributed by atoms with Gasteiger partial charge in [0.15, 0.2) is 0 Å². The number of ether oxygens (including phenoxy) is 1. The number of hydrogen-bond acceptors (Lipinski definition) is 7. The van der Waals surface area contributed by atoms with Gasteiger partial charge in [-0.25, -0.2) is 14.8 Å². The second-order valence-corrected chi connectivity index (χ2v) is 11.0. The van der Waals surface area contributed by atoms with Crippen LogP contribution in [0.25, 0.3) is 16.9 Å². The smallest absolute Gasteiger partial charge is 0.410 e. The van der Waals surface area contributed by atoms with Gasteiger partial charge in [0, 0.05) is 18.4 Å². The minimum absolute atomic E-state index is 0.0394. The lowest BCUT2D eigenvalue weighted by atomic mass is 10.0. The zero-order chi connectivity index (χ0) is 28.3. The Hall–Kier alpha value is -4.47. The molecule has 0 aliphatic carbocycles. The number of carbonyl (C=O) groups excluding carboxylic acids is 2. The first-order valence-electron chi connectivity index (χ1n) is 13.6. The molecule has 1 aliphatic heterocycles. The summed E-state index contributed by atoms with van der Waals surface area (Å²) in [7, 11) is 0. The van der Waals surface area contributed by atoms with Crippen LogP contribution >= 0.6 is 0 Å². The van der Waals surface area contributed by atoms with Gasteiger partial charge in [0.25, 0.3) is 0 Å². The summed E-state index contributed by atoms with van der Waals surface area (Å²) in [4.78, 5) is 41.1. The normalized spacial score (nSPS) is 16.4. The van der Waals surface area contributed by atoms with Crippen LogP contribution in [-0.4, -0.2) is 54.6 Å². The van der Waals surface area contributed by atoms with Crippen molar-refractivity contribution in [3.05, 3.63) is 72.7 Å². The van der Waals surface area contributed by atoms with Crippen LogP contribution in [0.4, 0.5) is 16.4 Å². The molecule has 0 unspecified atom stereocenters. The molecule has 208 valence electrons. The summed E-state index contributed by atoms with van der Waals surface area (Å²) in [5.74, 6) is 0.956. The van der Waals surface area contributed by atoms with Crippen LogP contribution in [0.2, 0.25) is 0 Å². The fourth-order valence-corrected chi connectivity index (χ4v) is 4.81. The first-order valence-corrected chi connectivity index (χ1v) is 13.6. The maximum absolute atomic E-state index is 13.2. The van der Waals surface area contributed by atoms with Gasteiger partial charge in [0.05, 0.1) is 17.1 Å². The number of rotatable bonds is 6. The molecule has 1 fully saturated rings. The highest BCUT2D eigenvalue weighted by molar-refractivity contribution is 5.98. The van der Waals surface area contributed by atoms with E-state index in [0.717, 1.165) is 23.9 Å². The quantitative estimate of drug-likeness (QED) is 0.321. The molecule has 40 heavy (non-hydrogen) atoms. The summed E-state index contributed by atoms with van der Waals surface area (Å²) < 4.78 is 7.42. The molecule has 4 aromatic rings. The van der Waals surface area contributed by atoms with Crippen molar-refractivity contribution in [1.82, 2.24) is 24.4 Å². The number of nitrogens with zero attached hydrogens (tertiary/aromatic N) is 5. The van der Waals surface area contributed by atoms with Crippen molar-refractivity contribution in [2.75, 3.05) is 17.2 Å². The van der Waals surface area contributed by atoms with E-state index in [0.29, 0.717) is 35.9 Å². The molecule has 3 heterocycles. The van der Waals surface area contributed by atoms with Crippen molar-refractivity contribution in [2.45, 2.75) is 64.6 Å². The highest BCUT2D eigenvalue weighted by Gasteiger charge is 2.35. The first-order chi connectivity index (χ1) is 19.2. The minimum atomic E-state index is -0.625. The van der Waals surface area contributed by atoms with E-state index in [2.05, 4.69) is 39.7 Å². The van der Waals surface area contributed by atoms with Crippen LogP contribution in [0.5, 0.6) is 0 Å². The van der Waals surface area contributed by atoms with Gasteiger partial charge in [-0.05, 0) is 76.8 Å². The van der Waals surface area contributed by atoms with Crippen LogP contribution in [0.3, 0.4) is 0 Å². The molecular formula is C30H35N7O3. The Labute approximate surface area is 233 Å². The van der Waals surface area contributed by atoms with Crippen LogP contribution in [0, 0.1) is 0 Å². The van der Waals surface area contributed by atoms with Gasteiger partial charge < -0.3 is 15.4 Å². The standard InChI is InChI=1S/C30H35N7O3/c1-20(21-10-6-5-7-11-21)33-28-31-16-15-26(35-28)37-19-32-23-18-22(13-14-24(23)37)34-27(38)25-12-8-9-17-36(25)29(39)40-30(2,3)4/h5-7,10-11,13-16,18-20,25H,8-9,12,17H2,1-4H3,(H,34,38)(H,31,33,35)/t20-,25-/m0/s1. The van der Waals surface area contributed by atoms with E-state index in [1.54, 1.807) is 12.5 Å². The number of nitrogens with one attached hydrogen (secondary N) is 2. The minimum Gasteiger partial charge on any atom is -0.444 e. The third-order valence-electron chi connectivity index (χ3n) is 6.78. The number of piperidine rings is 1. The summed E-state index contributed by atoms with van der Waals surface area (Å²) in [5, 5.41) is 6.33. The van der Waals surface area contributed by atoms with Gasteiger partial charge in [0.1, 0.15) is 23.8 Å². The number of fused-ring (bicyclic) bond motifs is 1. The number of amides is 2. The predicted octanol–water partition coefficient (Wildman–Crippen LogP) is 5.72. The molecule has 2 aromatic carbocycles. The van der Waals surface area contributed by atoms with Crippen molar-refractivity contribution < 1.29 is 14.3 Å². The number of carbonyl (C=O) groups is 2. The van der Waals surface area contributed by atoms with Crippen LogP contribution in [0.15, 0.2) is 67.1 Å². The van der Waals surface area contributed by atoms with E-state index in [4.69, 9.17) is 9.72 Å². The van der Waals surface area contributed by atoms with Crippen molar-refractivity contribution >= 4 is 34.7 Å². The molecular weight excluding hydrogens is 506 g/mol. The van der Waals surface area contributed by atoms with Crippen molar-refractivity contribution in [2.24, 2.45) is 0 Å². The zero-order valence-corrected chi connectivity index (χ0v) is 23.3. The monoisotopic (exact) mass is 541 g/mol. The highest BCUT2D eigenvalue weighted by Crippen LogP contribution is 2.25. The van der Waals surface area contributed by atoms with Crippen molar-refractivity contribution in [1.29, 1.82) is 0 Å². The maximum atomic E-state index is 13.2. The average molecular weight is 542 g/mol. The van der Waals surface area contributed by atoms with Gasteiger partial charge in [0.2, 0.25) is 11.9 Å². The summed E-state index contributed by atoms with van der Waals surface area (Å²) >= 11 is 0. The second kappa shape index (κ2) is 11.3. The molecule has 0 radical (unpaired) electrons. The lowest BCUT2D eigenvalue weighted by molar-refractivity contribution is -0.122. The molecule has 1 aliphatic rings. The van der Waals surface area contributed by atoms with Crippen LogP contribution in [-0.2, 0) is 9.53 Å². The Morgan fingerprint density at radius 1 is 1.05 bits per heavy atom. The summed E-state index contributed by atoms with van der Waals surface area (Å²) in [6.07, 6.45) is 5.27. The van der Waals surface area contributed by atoms with Crippen molar-refractivity contribution in [3.8, 4) is 5.82 Å². The predicted molar refractivity (Wildman–Crippen MR) is 154 cm³/mol. The number of imidazole rings is 1. The molecule has 5 rings (SSSR count). The maximum Gasteiger partial charge on any atom is 0.410 e. The van der Waals surface area contributed by atoms with E-state index in [9.17, 15) is 9.59 Å². The number of benzene rings is 2. The lowest BCUT2D eigenvalue weighted by Gasteiger charge is -2.35. The lowest BCUT2D eigenvalue weighted by Crippen LogP contribution is -2.51. The Kier molecular flexibility index (Phi) is 7.68. The average Bonchev–Trinajstić information content (AvgIpc) is 3.36. The van der Waals surface area contributed by atoms with E-state index in [-0.39, 0.29) is 11.9 Å². The number of likely N-dealkylation sites (tertiary alicyclic amines) is 1. The third-order valence-corrected chi connectivity index (χ3v) is 6.78. The molecule has 1 saturated heterocycles. The summed E-state index contributed by atoms with van der Waals surface area (Å²) in [6, 6.07) is 16.9. The van der Waals surface area contributed by atoms with Gasteiger partial charge in [-0.15, -0.1) is 0 Å². The third kappa shape index (κ3) is 6.22. The molecule has 2 aromatic heterocycles. The first kappa shape index (κ1) is 27.1. The van der Waals surface area contributed by atoms with Gasteiger partial charge in [-0.2, -0.15) is 4.98 Å². The van der Waals surface area contributed by atoms with Crippen LogP contribution in [0.1, 0.15) is 58.6 Å². The van der Waals surface area contributed by atoms with Gasteiger partial charge in [-0.3, -0.25) is 14.3 Å². The SMILES string of the molecule is C[C@H](Nc1nccc(-n2cnc3cc(NC(=O)[C@@H]4CCCCN4C(=O)OC(C)(C)C)ccc32)n1)c1ccccc1. The van der Waals surface area contributed by atoms with Crippen LogP contribution < -0.4 is 10.6 Å². The van der Waals surface area contributed by atoms with E-state index < -0.39 is 17.7 Å². The zero-order valence-electron chi connectivity index (χ0n) is 23.3. The number of hydrogen-bond donors (Lipinski definition) is 2. The Morgan fingerprint density at radius 3 is 2.62 bits per heavy atom. The second-order valence-electron chi connectivity index (χ2n) is 11.0. The van der Waals surface area contributed by atoms with Crippen molar-refractivity contribution in [3.63, 3.8) is 0 Å². The fourth-order valence-electron chi connectivity index (χ4n) is 4.81. The molecule has 10 nitrogen and oxygen atoms in total. The Balaban J connectivity index is 1.30. The van der Waals surface area contributed by atoms with Gasteiger partial charge >= 0.3 is 6.09 Å². The van der Waals surface area contributed by atoms with E-state index >= 15 is 0 Å². The van der Waals surface area contributed by atoms with E-state index in [1.165, 1.54) is 4.90 Å². The number of anilines is 2. The largest absolute Gasteiger partial charge is 0.444 e. The molecule has 2 atom stereocenters. The topological polar surface area (TPSA) is 114 Å². The molecule has 10 heteroatoms. The van der Waals surface area contributed by atoms with E-state index in [1.807, 2.05) is 67.8 Å². The molecule has 0 bridgehead atoms. The molecule has 0 saturated carbocycles.